The molecule has 0 atom stereocenters. The number of piperidine rings is 1. The van der Waals surface area contributed by atoms with Crippen LogP contribution in [0, 0.1) is 6.92 Å². The van der Waals surface area contributed by atoms with E-state index in [0.717, 1.165) is 44.6 Å². The van der Waals surface area contributed by atoms with Gasteiger partial charge in [0, 0.05) is 19.1 Å². The van der Waals surface area contributed by atoms with Crippen LogP contribution in [0.1, 0.15) is 56.2 Å². The van der Waals surface area contributed by atoms with Gasteiger partial charge in [0.25, 0.3) is 0 Å². The molecule has 0 unspecified atom stereocenters. The van der Waals surface area contributed by atoms with Crippen LogP contribution in [-0.4, -0.2) is 70.7 Å². The van der Waals surface area contributed by atoms with Crippen LogP contribution in [0.15, 0.2) is 18.5 Å². The summed E-state index contributed by atoms with van der Waals surface area (Å²) in [6, 6.07) is 4.97. The van der Waals surface area contributed by atoms with E-state index in [-0.39, 0.29) is 11.8 Å². The molecule has 35 heavy (non-hydrogen) atoms. The van der Waals surface area contributed by atoms with Crippen LogP contribution in [0.5, 0.6) is 5.75 Å². The first-order valence-electron chi connectivity index (χ1n) is 12.3. The standard InChI is InChI=1S/C26H34ClN5O3/c1-16-10-18(17-6-8-31(9-7-17)19-12-30(5)13-19)11-21-22(16)34-14-20-23(27)28-15-29-24(20)32(21)25(33)35-26(2,3)4/h10-11,15,17,19H,6-9,12-14H2,1-5H3. The van der Waals surface area contributed by atoms with Crippen molar-refractivity contribution in [3.63, 3.8) is 0 Å². The lowest BCUT2D eigenvalue weighted by Gasteiger charge is -2.46. The van der Waals surface area contributed by atoms with E-state index in [9.17, 15) is 4.79 Å². The highest BCUT2D eigenvalue weighted by Gasteiger charge is 2.36. The van der Waals surface area contributed by atoms with Crippen molar-refractivity contribution in [2.45, 2.75) is 64.7 Å². The summed E-state index contributed by atoms with van der Waals surface area (Å²) in [5.41, 5.74) is 2.73. The third-order valence-corrected chi connectivity index (χ3v) is 7.42. The smallest absolute Gasteiger partial charge is 0.420 e. The number of hydrogen-bond acceptors (Lipinski definition) is 7. The lowest BCUT2D eigenvalue weighted by atomic mass is 9.87. The fourth-order valence-corrected chi connectivity index (χ4v) is 5.50. The number of aryl methyl sites for hydroxylation is 1. The van der Waals surface area contributed by atoms with Gasteiger partial charge in [-0.15, -0.1) is 0 Å². The minimum absolute atomic E-state index is 0.176. The van der Waals surface area contributed by atoms with Crippen LogP contribution in [0.25, 0.3) is 0 Å². The molecule has 0 spiro atoms. The molecule has 0 saturated carbocycles. The molecule has 9 heteroatoms. The van der Waals surface area contributed by atoms with E-state index in [1.54, 1.807) is 0 Å². The normalized spacial score (nSPS) is 19.9. The summed E-state index contributed by atoms with van der Waals surface area (Å²) < 4.78 is 12.0. The predicted octanol–water partition coefficient (Wildman–Crippen LogP) is 4.90. The van der Waals surface area contributed by atoms with Gasteiger partial charge in [0.05, 0.1) is 11.3 Å². The van der Waals surface area contributed by atoms with Crippen molar-refractivity contribution in [1.82, 2.24) is 19.8 Å². The van der Waals surface area contributed by atoms with Gasteiger partial charge in [-0.3, -0.25) is 4.90 Å². The molecular weight excluding hydrogens is 466 g/mol. The highest BCUT2D eigenvalue weighted by molar-refractivity contribution is 6.30. The van der Waals surface area contributed by atoms with Crippen molar-refractivity contribution in [3.8, 4) is 5.75 Å². The maximum atomic E-state index is 13.5. The van der Waals surface area contributed by atoms with Crippen LogP contribution in [-0.2, 0) is 11.3 Å². The molecule has 2 saturated heterocycles. The van der Waals surface area contributed by atoms with Gasteiger partial charge in [-0.25, -0.2) is 19.7 Å². The zero-order valence-electron chi connectivity index (χ0n) is 21.2. The molecular formula is C26H34ClN5O3. The molecule has 0 radical (unpaired) electrons. The molecule has 8 nitrogen and oxygen atoms in total. The number of halogens is 1. The number of amides is 1. The Bertz CT molecular complexity index is 1120. The number of anilines is 2. The molecule has 5 rings (SSSR count). The summed E-state index contributed by atoms with van der Waals surface area (Å²) in [4.78, 5) is 28.6. The number of rotatable bonds is 2. The molecule has 2 fully saturated rings. The minimum Gasteiger partial charge on any atom is -0.486 e. The summed E-state index contributed by atoms with van der Waals surface area (Å²) >= 11 is 6.40. The van der Waals surface area contributed by atoms with Gasteiger partial charge in [-0.1, -0.05) is 17.7 Å². The van der Waals surface area contributed by atoms with Crippen molar-refractivity contribution in [2.24, 2.45) is 0 Å². The second-order valence-corrected chi connectivity index (χ2v) is 11.3. The molecule has 3 aliphatic heterocycles. The summed E-state index contributed by atoms with van der Waals surface area (Å²) in [6.07, 6.45) is 3.04. The molecule has 2 aromatic rings. The number of nitrogens with zero attached hydrogens (tertiary/aromatic N) is 5. The topological polar surface area (TPSA) is 71.0 Å². The third-order valence-electron chi connectivity index (χ3n) is 7.10. The van der Waals surface area contributed by atoms with E-state index >= 15 is 0 Å². The highest BCUT2D eigenvalue weighted by atomic mass is 35.5. The van der Waals surface area contributed by atoms with E-state index in [1.807, 2.05) is 27.7 Å². The summed E-state index contributed by atoms with van der Waals surface area (Å²) in [5.74, 6) is 1.47. The highest BCUT2D eigenvalue weighted by Crippen LogP contribution is 2.45. The Kier molecular flexibility index (Phi) is 6.40. The maximum Gasteiger partial charge on any atom is 0.420 e. The zero-order chi connectivity index (χ0) is 24.9. The zero-order valence-corrected chi connectivity index (χ0v) is 21.9. The first kappa shape index (κ1) is 24.3. The van der Waals surface area contributed by atoms with Crippen molar-refractivity contribution < 1.29 is 14.3 Å². The number of aromatic nitrogens is 2. The van der Waals surface area contributed by atoms with E-state index in [4.69, 9.17) is 21.1 Å². The lowest BCUT2D eigenvalue weighted by molar-refractivity contribution is 0.0363. The Morgan fingerprint density at radius 3 is 2.54 bits per heavy atom. The largest absolute Gasteiger partial charge is 0.486 e. The number of hydrogen-bond donors (Lipinski definition) is 0. The molecule has 0 N–H and O–H groups in total. The van der Waals surface area contributed by atoms with Crippen LogP contribution < -0.4 is 9.64 Å². The average Bonchev–Trinajstić information content (AvgIpc) is 2.94. The lowest BCUT2D eigenvalue weighted by Crippen LogP contribution is -2.59. The van der Waals surface area contributed by atoms with Gasteiger partial charge >= 0.3 is 6.09 Å². The molecule has 0 bridgehead atoms. The van der Waals surface area contributed by atoms with Crippen LogP contribution >= 0.6 is 11.6 Å². The molecule has 4 heterocycles. The Labute approximate surface area is 212 Å². The van der Waals surface area contributed by atoms with Crippen LogP contribution in [0.4, 0.5) is 16.3 Å². The first-order valence-corrected chi connectivity index (χ1v) is 12.7. The Morgan fingerprint density at radius 1 is 1.17 bits per heavy atom. The fourth-order valence-electron chi connectivity index (χ4n) is 5.32. The van der Waals surface area contributed by atoms with E-state index in [0.29, 0.717) is 34.8 Å². The minimum atomic E-state index is -0.670. The molecule has 1 amide bonds. The Hall–Kier alpha value is -2.42. The monoisotopic (exact) mass is 499 g/mol. The fraction of sp³-hybridized carbons (Fsp3) is 0.577. The van der Waals surface area contributed by atoms with Crippen molar-refractivity contribution in [1.29, 1.82) is 0 Å². The van der Waals surface area contributed by atoms with Gasteiger partial charge in [-0.2, -0.15) is 0 Å². The SMILES string of the molecule is Cc1cc(C2CCN(C3CN(C)C3)CC2)cc2c1OCc1c(Cl)ncnc1N2C(=O)OC(C)(C)C. The van der Waals surface area contributed by atoms with Gasteiger partial charge in [0.2, 0.25) is 0 Å². The number of carbonyl (C=O) groups excluding carboxylic acids is 1. The Balaban J connectivity index is 1.50. The van der Waals surface area contributed by atoms with Gasteiger partial charge in [-0.05, 0) is 83.8 Å². The van der Waals surface area contributed by atoms with Crippen molar-refractivity contribution in [2.75, 3.05) is 38.1 Å². The number of benzene rings is 1. The third kappa shape index (κ3) is 4.84. The number of carbonyl (C=O) groups is 1. The first-order chi connectivity index (χ1) is 16.6. The van der Waals surface area contributed by atoms with E-state index in [2.05, 4.69) is 38.9 Å². The molecule has 1 aromatic carbocycles. The second kappa shape index (κ2) is 9.22. The van der Waals surface area contributed by atoms with Gasteiger partial charge in [0.1, 0.15) is 29.4 Å². The van der Waals surface area contributed by atoms with E-state index < -0.39 is 11.7 Å². The van der Waals surface area contributed by atoms with E-state index in [1.165, 1.54) is 16.8 Å². The number of ether oxygens (including phenoxy) is 2. The Morgan fingerprint density at radius 2 is 1.89 bits per heavy atom. The predicted molar refractivity (Wildman–Crippen MR) is 136 cm³/mol. The van der Waals surface area contributed by atoms with Crippen LogP contribution in [0.2, 0.25) is 5.15 Å². The van der Waals surface area contributed by atoms with Crippen molar-refractivity contribution >= 4 is 29.2 Å². The molecule has 3 aliphatic rings. The van der Waals surface area contributed by atoms with Gasteiger partial charge in [0.15, 0.2) is 5.82 Å². The molecule has 0 aliphatic carbocycles. The summed E-state index contributed by atoms with van der Waals surface area (Å²) in [6.45, 7) is 12.3. The van der Waals surface area contributed by atoms with Crippen LogP contribution in [0.3, 0.4) is 0 Å². The average molecular weight is 500 g/mol. The maximum absolute atomic E-state index is 13.5. The molecule has 1 aromatic heterocycles. The molecule has 188 valence electrons. The number of likely N-dealkylation sites (tertiary alicyclic amines) is 2. The van der Waals surface area contributed by atoms with Gasteiger partial charge < -0.3 is 14.4 Å². The number of likely N-dealkylation sites (N-methyl/N-ethyl adjacent to an activating group) is 1. The van der Waals surface area contributed by atoms with Crippen molar-refractivity contribution in [3.05, 3.63) is 40.3 Å². The number of fused-ring (bicyclic) bond motifs is 2. The summed E-state index contributed by atoms with van der Waals surface area (Å²) in [7, 11) is 2.18. The summed E-state index contributed by atoms with van der Waals surface area (Å²) in [5, 5.41) is 0.267. The quantitative estimate of drug-likeness (QED) is 0.544. The second-order valence-electron chi connectivity index (χ2n) is 10.9.